The van der Waals surface area contributed by atoms with Crippen molar-refractivity contribution < 1.29 is 9.47 Å². The summed E-state index contributed by atoms with van der Waals surface area (Å²) >= 11 is 6.26. The predicted molar refractivity (Wildman–Crippen MR) is 144 cm³/mol. The third-order valence-electron chi connectivity index (χ3n) is 6.11. The van der Waals surface area contributed by atoms with Gasteiger partial charge in [0.1, 0.15) is 6.61 Å². The number of hydrogen-bond acceptors (Lipinski definition) is 6. The fourth-order valence-electron chi connectivity index (χ4n) is 4.04. The molecule has 4 aromatic rings. The Hall–Kier alpha value is -3.24. The Morgan fingerprint density at radius 3 is 2.72 bits per heavy atom. The Morgan fingerprint density at radius 1 is 1.00 bits per heavy atom. The molecule has 0 unspecified atom stereocenters. The first kappa shape index (κ1) is 25.8. The number of nitrogens with zero attached hydrogens (tertiary/aromatic N) is 3. The molecule has 0 aliphatic rings. The topological polar surface area (TPSA) is 80.1 Å². The molecule has 2 aromatic carbocycles. The Balaban J connectivity index is 1.15. The van der Waals surface area contributed by atoms with Gasteiger partial charge in [0.25, 0.3) is 0 Å². The largest absolute Gasteiger partial charge is 0.475 e. The van der Waals surface area contributed by atoms with Crippen LogP contribution < -0.4 is 10.1 Å². The maximum absolute atomic E-state index is 9.38. The number of nitriles is 1. The average Bonchev–Trinajstić information content (AvgIpc) is 2.89. The molecule has 4 rings (SSSR count). The fourth-order valence-corrected chi connectivity index (χ4v) is 4.30. The number of fused-ring (bicyclic) bond motifs is 3. The standard InChI is InChI=1S/C29H31ClN4O2/c1-29(2,20-31)22-15-21(16-23(30)17-22)18-32-10-5-6-12-35-13-14-36-28-25-9-11-33-19-26(25)24-7-3-4-8-27(24)34-28/h3-4,7-9,11,15-17,19,32H,5-6,10,12-14,18H2,1-2H3. The summed E-state index contributed by atoms with van der Waals surface area (Å²) in [5.41, 5.74) is 2.35. The van der Waals surface area contributed by atoms with E-state index in [1.54, 1.807) is 6.20 Å². The number of benzene rings is 2. The molecule has 6 nitrogen and oxygen atoms in total. The molecule has 0 aliphatic carbocycles. The second-order valence-electron chi connectivity index (χ2n) is 9.29. The van der Waals surface area contributed by atoms with Gasteiger partial charge in [-0.05, 0) is 68.6 Å². The van der Waals surface area contributed by atoms with E-state index in [0.717, 1.165) is 52.2 Å². The van der Waals surface area contributed by atoms with Gasteiger partial charge in [-0.2, -0.15) is 5.26 Å². The van der Waals surface area contributed by atoms with Crippen molar-refractivity contribution in [2.45, 2.75) is 38.6 Å². The van der Waals surface area contributed by atoms with Crippen LogP contribution in [-0.4, -0.2) is 36.3 Å². The van der Waals surface area contributed by atoms with Crippen LogP contribution in [0.3, 0.4) is 0 Å². The highest BCUT2D eigenvalue weighted by Gasteiger charge is 2.20. The van der Waals surface area contributed by atoms with Crippen LogP contribution in [0.5, 0.6) is 5.88 Å². The third kappa shape index (κ3) is 6.50. The minimum Gasteiger partial charge on any atom is -0.475 e. The van der Waals surface area contributed by atoms with Crippen LogP contribution in [-0.2, 0) is 16.7 Å². The van der Waals surface area contributed by atoms with Gasteiger partial charge in [0, 0.05) is 46.7 Å². The van der Waals surface area contributed by atoms with Gasteiger partial charge in [0.05, 0.1) is 23.6 Å². The zero-order valence-corrected chi connectivity index (χ0v) is 21.5. The van der Waals surface area contributed by atoms with E-state index in [4.69, 9.17) is 21.1 Å². The lowest BCUT2D eigenvalue weighted by molar-refractivity contribution is 0.0966. The number of para-hydroxylation sites is 1. The molecule has 0 bridgehead atoms. The van der Waals surface area contributed by atoms with Crippen LogP contribution in [0.25, 0.3) is 21.7 Å². The number of pyridine rings is 2. The highest BCUT2D eigenvalue weighted by Crippen LogP contribution is 2.30. The van der Waals surface area contributed by atoms with E-state index in [1.807, 2.05) is 56.4 Å². The number of rotatable bonds is 12. The van der Waals surface area contributed by atoms with Crippen LogP contribution in [0.2, 0.25) is 5.02 Å². The van der Waals surface area contributed by atoms with Crippen molar-refractivity contribution in [2.75, 3.05) is 26.4 Å². The number of halogens is 1. The molecule has 0 radical (unpaired) electrons. The molecular weight excluding hydrogens is 472 g/mol. The quantitative estimate of drug-likeness (QED) is 0.183. The van der Waals surface area contributed by atoms with E-state index in [9.17, 15) is 5.26 Å². The van der Waals surface area contributed by atoms with Crippen molar-refractivity contribution in [3.05, 3.63) is 77.1 Å². The first-order valence-corrected chi connectivity index (χ1v) is 12.6. The normalized spacial score (nSPS) is 11.6. The van der Waals surface area contributed by atoms with Crippen molar-refractivity contribution in [3.63, 3.8) is 0 Å². The van der Waals surface area contributed by atoms with Gasteiger partial charge in [-0.25, -0.2) is 4.98 Å². The van der Waals surface area contributed by atoms with Gasteiger partial charge in [-0.3, -0.25) is 4.98 Å². The van der Waals surface area contributed by atoms with Gasteiger partial charge in [-0.15, -0.1) is 0 Å². The average molecular weight is 503 g/mol. The summed E-state index contributed by atoms with van der Waals surface area (Å²) < 4.78 is 11.7. The first-order valence-electron chi connectivity index (χ1n) is 12.2. The zero-order chi connectivity index (χ0) is 25.4. The second kappa shape index (κ2) is 12.1. The van der Waals surface area contributed by atoms with Gasteiger partial charge in [-0.1, -0.05) is 35.9 Å². The lowest BCUT2D eigenvalue weighted by Crippen LogP contribution is -2.18. The smallest absolute Gasteiger partial charge is 0.222 e. The van der Waals surface area contributed by atoms with Gasteiger partial charge in [0.15, 0.2) is 0 Å². The Labute approximate surface area is 217 Å². The van der Waals surface area contributed by atoms with Crippen molar-refractivity contribution in [3.8, 4) is 11.9 Å². The van der Waals surface area contributed by atoms with Crippen molar-refractivity contribution >= 4 is 33.3 Å². The fraction of sp³-hybridized carbons (Fsp3) is 0.345. The number of hydrogen-bond donors (Lipinski definition) is 1. The summed E-state index contributed by atoms with van der Waals surface area (Å²) in [5.74, 6) is 0.612. The second-order valence-corrected chi connectivity index (χ2v) is 9.72. The number of nitrogens with one attached hydrogen (secondary N) is 1. The number of aromatic nitrogens is 2. The SMILES string of the molecule is CC(C)(C#N)c1cc(Cl)cc(CNCCCCOCCOc2nc3ccccc3c3cnccc23)c1. The van der Waals surface area contributed by atoms with Gasteiger partial charge >= 0.3 is 0 Å². The minimum atomic E-state index is -0.560. The van der Waals surface area contributed by atoms with Gasteiger partial charge in [0.2, 0.25) is 5.88 Å². The molecule has 0 fully saturated rings. The highest BCUT2D eigenvalue weighted by atomic mass is 35.5. The van der Waals surface area contributed by atoms with Crippen LogP contribution in [0.1, 0.15) is 37.8 Å². The molecule has 0 saturated carbocycles. The summed E-state index contributed by atoms with van der Waals surface area (Å²) in [6, 6.07) is 18.1. The molecular formula is C29H31ClN4O2. The number of unbranched alkanes of at least 4 members (excludes halogenated alkanes) is 1. The zero-order valence-electron chi connectivity index (χ0n) is 20.8. The third-order valence-corrected chi connectivity index (χ3v) is 6.33. The monoisotopic (exact) mass is 502 g/mol. The van der Waals surface area contributed by atoms with Crippen LogP contribution in [0, 0.1) is 11.3 Å². The maximum Gasteiger partial charge on any atom is 0.222 e. The van der Waals surface area contributed by atoms with Crippen LogP contribution >= 0.6 is 11.6 Å². The van der Waals surface area contributed by atoms with Crippen molar-refractivity contribution in [2.24, 2.45) is 0 Å². The van der Waals surface area contributed by atoms with Crippen molar-refractivity contribution in [1.82, 2.24) is 15.3 Å². The molecule has 0 aliphatic heterocycles. The van der Waals surface area contributed by atoms with E-state index in [0.29, 0.717) is 37.3 Å². The van der Waals surface area contributed by atoms with Crippen molar-refractivity contribution in [1.29, 1.82) is 5.26 Å². The summed E-state index contributed by atoms with van der Waals surface area (Å²) in [7, 11) is 0. The van der Waals surface area contributed by atoms with E-state index < -0.39 is 5.41 Å². The lowest BCUT2D eigenvalue weighted by atomic mass is 9.85. The van der Waals surface area contributed by atoms with Crippen LogP contribution in [0.4, 0.5) is 0 Å². The molecule has 0 saturated heterocycles. The summed E-state index contributed by atoms with van der Waals surface area (Å²) in [5, 5.41) is 16.6. The molecule has 36 heavy (non-hydrogen) atoms. The van der Waals surface area contributed by atoms with Gasteiger partial charge < -0.3 is 14.8 Å². The van der Waals surface area contributed by atoms with E-state index in [1.165, 1.54) is 0 Å². The van der Waals surface area contributed by atoms with E-state index in [2.05, 4.69) is 33.5 Å². The first-order chi connectivity index (χ1) is 17.5. The Kier molecular flexibility index (Phi) is 8.71. The molecule has 186 valence electrons. The maximum atomic E-state index is 9.38. The molecule has 2 aromatic heterocycles. The predicted octanol–water partition coefficient (Wildman–Crippen LogP) is 6.20. The Bertz CT molecular complexity index is 1370. The lowest BCUT2D eigenvalue weighted by Gasteiger charge is -2.17. The van der Waals surface area contributed by atoms with E-state index in [-0.39, 0.29) is 0 Å². The molecule has 0 atom stereocenters. The molecule has 0 amide bonds. The molecule has 7 heteroatoms. The Morgan fingerprint density at radius 2 is 1.86 bits per heavy atom. The molecule has 0 spiro atoms. The van der Waals surface area contributed by atoms with Crippen LogP contribution in [0.15, 0.2) is 60.9 Å². The molecule has 2 heterocycles. The highest BCUT2D eigenvalue weighted by molar-refractivity contribution is 6.30. The van der Waals surface area contributed by atoms with E-state index >= 15 is 0 Å². The summed E-state index contributed by atoms with van der Waals surface area (Å²) in [6.45, 7) is 7.03. The number of ether oxygens (including phenoxy) is 2. The molecule has 1 N–H and O–H groups in total. The summed E-state index contributed by atoms with van der Waals surface area (Å²) in [6.07, 6.45) is 5.57. The minimum absolute atomic E-state index is 0.442. The summed E-state index contributed by atoms with van der Waals surface area (Å²) in [4.78, 5) is 8.95.